The number of benzene rings is 1. The van der Waals surface area contributed by atoms with Crippen LogP contribution in [0.5, 0.6) is 0 Å². The van der Waals surface area contributed by atoms with E-state index >= 15 is 0 Å². The first-order valence-electron chi connectivity index (χ1n) is 7.68. The molecular weight excluding hydrogens is 302 g/mol. The third-order valence-corrected chi connectivity index (χ3v) is 5.05. The molecule has 3 N–H and O–H groups in total. The van der Waals surface area contributed by atoms with Gasteiger partial charge in [0.05, 0.1) is 6.04 Å². The third kappa shape index (κ3) is 2.90. The first-order valence-corrected chi connectivity index (χ1v) is 8.06. The summed E-state index contributed by atoms with van der Waals surface area (Å²) >= 11 is 6.20. The van der Waals surface area contributed by atoms with Crippen molar-refractivity contribution in [2.24, 2.45) is 11.7 Å². The number of primary amides is 1. The predicted molar refractivity (Wildman–Crippen MR) is 84.5 cm³/mol. The van der Waals surface area contributed by atoms with E-state index in [2.05, 4.69) is 5.32 Å². The van der Waals surface area contributed by atoms with Crippen LogP contribution >= 0.6 is 11.6 Å². The molecule has 6 heteroatoms. The summed E-state index contributed by atoms with van der Waals surface area (Å²) in [6, 6.07) is 5.79. The number of urea groups is 1. The predicted octanol–water partition coefficient (Wildman–Crippen LogP) is 2.23. The molecule has 3 amide bonds. The van der Waals surface area contributed by atoms with E-state index in [1.807, 2.05) is 18.2 Å². The van der Waals surface area contributed by atoms with Crippen LogP contribution in [0.1, 0.15) is 36.4 Å². The first-order chi connectivity index (χ1) is 10.6. The SMILES string of the molecule is NC(=O)C1CCN(C(=O)NC2CCc3c(Cl)cccc32)CC1. The molecule has 1 fully saturated rings. The van der Waals surface area contributed by atoms with E-state index in [-0.39, 0.29) is 23.9 Å². The maximum absolute atomic E-state index is 12.4. The van der Waals surface area contributed by atoms with Crippen molar-refractivity contribution in [3.63, 3.8) is 0 Å². The molecule has 0 bridgehead atoms. The molecule has 2 aliphatic rings. The van der Waals surface area contributed by atoms with Gasteiger partial charge in [0, 0.05) is 24.0 Å². The number of halogens is 1. The fourth-order valence-electron chi connectivity index (χ4n) is 3.37. The normalized spacial score (nSPS) is 21.5. The lowest BCUT2D eigenvalue weighted by atomic mass is 9.96. The van der Waals surface area contributed by atoms with Gasteiger partial charge in [0.25, 0.3) is 0 Å². The minimum atomic E-state index is -0.264. The number of hydrogen-bond acceptors (Lipinski definition) is 2. The number of piperidine rings is 1. The van der Waals surface area contributed by atoms with Gasteiger partial charge in [0.2, 0.25) is 5.91 Å². The van der Waals surface area contributed by atoms with Gasteiger partial charge in [0.15, 0.2) is 0 Å². The number of amides is 3. The van der Waals surface area contributed by atoms with Crippen molar-refractivity contribution < 1.29 is 9.59 Å². The lowest BCUT2D eigenvalue weighted by Crippen LogP contribution is -2.46. The van der Waals surface area contributed by atoms with Crippen LogP contribution in [0.25, 0.3) is 0 Å². The monoisotopic (exact) mass is 321 g/mol. The van der Waals surface area contributed by atoms with Crippen molar-refractivity contribution in [3.8, 4) is 0 Å². The van der Waals surface area contributed by atoms with Crippen LogP contribution in [0.4, 0.5) is 4.79 Å². The highest BCUT2D eigenvalue weighted by molar-refractivity contribution is 6.31. The van der Waals surface area contributed by atoms with Crippen LogP contribution in [-0.4, -0.2) is 29.9 Å². The van der Waals surface area contributed by atoms with Gasteiger partial charge >= 0.3 is 6.03 Å². The fourth-order valence-corrected chi connectivity index (χ4v) is 3.64. The van der Waals surface area contributed by atoms with E-state index in [1.54, 1.807) is 4.90 Å². The minimum Gasteiger partial charge on any atom is -0.369 e. The number of nitrogens with zero attached hydrogens (tertiary/aromatic N) is 1. The van der Waals surface area contributed by atoms with Crippen LogP contribution < -0.4 is 11.1 Å². The van der Waals surface area contributed by atoms with E-state index in [0.29, 0.717) is 25.9 Å². The molecule has 0 aromatic heterocycles. The summed E-state index contributed by atoms with van der Waals surface area (Å²) in [6.07, 6.45) is 3.07. The van der Waals surface area contributed by atoms with E-state index in [4.69, 9.17) is 17.3 Å². The maximum atomic E-state index is 12.4. The van der Waals surface area contributed by atoms with Crippen LogP contribution in [0.3, 0.4) is 0 Å². The molecule has 5 nitrogen and oxygen atoms in total. The number of fused-ring (bicyclic) bond motifs is 1. The number of nitrogens with one attached hydrogen (secondary N) is 1. The molecule has 118 valence electrons. The molecular formula is C16H20ClN3O2. The van der Waals surface area contributed by atoms with Crippen LogP contribution in [-0.2, 0) is 11.2 Å². The zero-order valence-corrected chi connectivity index (χ0v) is 13.1. The Balaban J connectivity index is 1.60. The van der Waals surface area contributed by atoms with Crippen LogP contribution in [0, 0.1) is 5.92 Å². The molecule has 1 saturated heterocycles. The number of rotatable bonds is 2. The van der Waals surface area contributed by atoms with Gasteiger partial charge in [-0.2, -0.15) is 0 Å². The van der Waals surface area contributed by atoms with Crippen molar-refractivity contribution >= 4 is 23.5 Å². The number of hydrogen-bond donors (Lipinski definition) is 2. The summed E-state index contributed by atoms with van der Waals surface area (Å²) in [5.74, 6) is -0.366. The second-order valence-corrected chi connectivity index (χ2v) is 6.42. The van der Waals surface area contributed by atoms with Gasteiger partial charge in [0.1, 0.15) is 0 Å². The summed E-state index contributed by atoms with van der Waals surface area (Å²) in [5, 5.41) is 3.86. The Kier molecular flexibility index (Phi) is 4.25. The Morgan fingerprint density at radius 2 is 1.95 bits per heavy atom. The topological polar surface area (TPSA) is 75.4 Å². The van der Waals surface area contributed by atoms with Gasteiger partial charge in [-0.05, 0) is 42.9 Å². The highest BCUT2D eigenvalue weighted by Crippen LogP contribution is 2.35. The number of nitrogens with two attached hydrogens (primary N) is 1. The average molecular weight is 322 g/mol. The second-order valence-electron chi connectivity index (χ2n) is 6.01. The van der Waals surface area contributed by atoms with Crippen LogP contribution in [0.2, 0.25) is 5.02 Å². The quantitative estimate of drug-likeness (QED) is 0.876. The maximum Gasteiger partial charge on any atom is 0.317 e. The zero-order valence-electron chi connectivity index (χ0n) is 12.3. The Hall–Kier alpha value is -1.75. The standard InChI is InChI=1S/C16H20ClN3O2/c17-13-3-1-2-12-11(13)4-5-14(12)19-16(22)20-8-6-10(7-9-20)15(18)21/h1-3,10,14H,4-9H2,(H2,18,21)(H,19,22). The molecule has 1 aliphatic carbocycles. The third-order valence-electron chi connectivity index (χ3n) is 4.70. The summed E-state index contributed by atoms with van der Waals surface area (Å²) in [7, 11) is 0. The first kappa shape index (κ1) is 15.2. The second kappa shape index (κ2) is 6.16. The summed E-state index contributed by atoms with van der Waals surface area (Å²) < 4.78 is 0. The highest BCUT2D eigenvalue weighted by atomic mass is 35.5. The summed E-state index contributed by atoms with van der Waals surface area (Å²) in [6.45, 7) is 1.16. The minimum absolute atomic E-state index is 0.0232. The fraction of sp³-hybridized carbons (Fsp3) is 0.500. The number of likely N-dealkylation sites (tertiary alicyclic amines) is 1. The lowest BCUT2D eigenvalue weighted by molar-refractivity contribution is -0.123. The molecule has 1 atom stereocenters. The molecule has 0 radical (unpaired) electrons. The Morgan fingerprint density at radius 1 is 1.23 bits per heavy atom. The van der Waals surface area contributed by atoms with Crippen molar-refractivity contribution in [2.75, 3.05) is 13.1 Å². The Morgan fingerprint density at radius 3 is 2.64 bits per heavy atom. The molecule has 1 aromatic rings. The van der Waals surface area contributed by atoms with Crippen LogP contribution in [0.15, 0.2) is 18.2 Å². The van der Waals surface area contributed by atoms with E-state index in [1.165, 1.54) is 0 Å². The van der Waals surface area contributed by atoms with Gasteiger partial charge in [-0.15, -0.1) is 0 Å². The van der Waals surface area contributed by atoms with Crippen molar-refractivity contribution in [1.82, 2.24) is 10.2 Å². The molecule has 0 spiro atoms. The molecule has 1 heterocycles. The molecule has 1 unspecified atom stereocenters. The van der Waals surface area contributed by atoms with Crippen molar-refractivity contribution in [3.05, 3.63) is 34.3 Å². The molecule has 0 saturated carbocycles. The average Bonchev–Trinajstić information content (AvgIpc) is 2.92. The van der Waals surface area contributed by atoms with E-state index in [0.717, 1.165) is 29.0 Å². The van der Waals surface area contributed by atoms with Gasteiger partial charge in [-0.25, -0.2) is 4.79 Å². The molecule has 1 aliphatic heterocycles. The summed E-state index contributed by atoms with van der Waals surface area (Å²) in [4.78, 5) is 25.3. The molecule has 22 heavy (non-hydrogen) atoms. The van der Waals surface area contributed by atoms with Crippen molar-refractivity contribution in [1.29, 1.82) is 0 Å². The van der Waals surface area contributed by atoms with Gasteiger partial charge in [-0.3, -0.25) is 4.79 Å². The Bertz CT molecular complexity index is 597. The van der Waals surface area contributed by atoms with E-state index in [9.17, 15) is 9.59 Å². The zero-order chi connectivity index (χ0) is 15.7. The Labute approximate surface area is 134 Å². The highest BCUT2D eigenvalue weighted by Gasteiger charge is 2.29. The van der Waals surface area contributed by atoms with E-state index < -0.39 is 0 Å². The number of carbonyl (C=O) groups excluding carboxylic acids is 2. The lowest BCUT2D eigenvalue weighted by Gasteiger charge is -2.31. The van der Waals surface area contributed by atoms with Gasteiger partial charge < -0.3 is 16.0 Å². The number of carbonyl (C=O) groups is 2. The molecule has 1 aromatic carbocycles. The largest absolute Gasteiger partial charge is 0.369 e. The molecule has 3 rings (SSSR count). The van der Waals surface area contributed by atoms with Gasteiger partial charge in [-0.1, -0.05) is 23.7 Å². The summed E-state index contributed by atoms with van der Waals surface area (Å²) in [5.41, 5.74) is 7.58. The smallest absolute Gasteiger partial charge is 0.317 e. The van der Waals surface area contributed by atoms with Crippen molar-refractivity contribution in [2.45, 2.75) is 31.7 Å².